The lowest BCUT2D eigenvalue weighted by Crippen LogP contribution is -2.49. The molecular weight excluding hydrogens is 420 g/mol. The molecule has 5 N–H and O–H groups in total. The Labute approximate surface area is 175 Å². The van der Waals surface area contributed by atoms with E-state index >= 15 is 0 Å². The highest BCUT2D eigenvalue weighted by Gasteiger charge is 2.25. The lowest BCUT2D eigenvalue weighted by molar-refractivity contribution is -0.284. The molecule has 2 atom stereocenters. The Kier molecular flexibility index (Phi) is 10.9. The topological polar surface area (TPSA) is 188 Å². The molecule has 1 aromatic carbocycles. The molecular formula is C17H22N4O8S. The highest BCUT2D eigenvalue weighted by molar-refractivity contribution is 7.93. The molecule has 0 unspecified atom stereocenters. The summed E-state index contributed by atoms with van der Waals surface area (Å²) in [5, 5.41) is 35.6. The van der Waals surface area contributed by atoms with Gasteiger partial charge in [0, 0.05) is 13.0 Å². The first-order chi connectivity index (χ1) is 14.2. The van der Waals surface area contributed by atoms with Crippen LogP contribution >= 0.6 is 11.9 Å². The van der Waals surface area contributed by atoms with Gasteiger partial charge in [-0.2, -0.15) is 0 Å². The number of rotatable bonds is 14. The number of aliphatic carboxylic acids is 2. The minimum absolute atomic E-state index is 0.0835. The van der Waals surface area contributed by atoms with Crippen molar-refractivity contribution in [1.29, 1.82) is 0 Å². The Morgan fingerprint density at radius 3 is 2.33 bits per heavy atom. The molecule has 164 valence electrons. The van der Waals surface area contributed by atoms with E-state index in [0.29, 0.717) is 0 Å². The summed E-state index contributed by atoms with van der Waals surface area (Å²) in [5.41, 5.74) is 0.861. The van der Waals surface area contributed by atoms with Crippen LogP contribution in [0.15, 0.2) is 30.3 Å². The number of amides is 2. The van der Waals surface area contributed by atoms with Crippen molar-refractivity contribution in [3.8, 4) is 0 Å². The number of nitro groups is 1. The zero-order valence-electron chi connectivity index (χ0n) is 15.8. The van der Waals surface area contributed by atoms with Crippen molar-refractivity contribution in [2.75, 3.05) is 12.3 Å². The number of hydrogen-bond acceptors (Lipinski definition) is 8. The highest BCUT2D eigenvalue weighted by Crippen LogP contribution is 2.06. The molecule has 2 amide bonds. The summed E-state index contributed by atoms with van der Waals surface area (Å²) in [6, 6.07) is 6.69. The van der Waals surface area contributed by atoms with Crippen LogP contribution in [0, 0.1) is 10.1 Å². The third kappa shape index (κ3) is 10.4. The molecule has 0 aromatic heterocycles. The van der Waals surface area contributed by atoms with Crippen LogP contribution < -0.4 is 16.0 Å². The Bertz CT molecular complexity index is 761. The molecule has 0 radical (unpaired) electrons. The van der Waals surface area contributed by atoms with Crippen molar-refractivity contribution in [3.05, 3.63) is 46.0 Å². The number of benzene rings is 1. The molecule has 0 heterocycles. The van der Waals surface area contributed by atoms with Gasteiger partial charge < -0.3 is 26.2 Å². The molecule has 0 aliphatic carbocycles. The maximum atomic E-state index is 12.1. The second-order valence-corrected chi connectivity index (χ2v) is 6.94. The third-order valence-corrected chi connectivity index (χ3v) is 4.46. The summed E-state index contributed by atoms with van der Waals surface area (Å²) in [7, 11) is 0. The fraction of sp³-hybridized carbons (Fsp3) is 0.412. The van der Waals surface area contributed by atoms with Gasteiger partial charge in [-0.1, -0.05) is 30.3 Å². The Hall–Kier alpha value is -3.19. The third-order valence-electron chi connectivity index (χ3n) is 3.77. The van der Waals surface area contributed by atoms with E-state index < -0.39 is 52.5 Å². The minimum atomic E-state index is -1.34. The van der Waals surface area contributed by atoms with E-state index in [9.17, 15) is 34.4 Å². The fourth-order valence-electron chi connectivity index (χ4n) is 2.30. The first-order valence-electron chi connectivity index (χ1n) is 8.75. The van der Waals surface area contributed by atoms with Crippen molar-refractivity contribution < 1.29 is 33.7 Å². The molecule has 0 aliphatic rings. The molecule has 13 heteroatoms. The van der Waals surface area contributed by atoms with Crippen molar-refractivity contribution >= 4 is 35.7 Å². The molecule has 0 saturated carbocycles. The van der Waals surface area contributed by atoms with Crippen molar-refractivity contribution in [3.63, 3.8) is 0 Å². The van der Waals surface area contributed by atoms with Gasteiger partial charge in [0.15, 0.2) is 0 Å². The average Bonchev–Trinajstić information content (AvgIpc) is 2.69. The smallest absolute Gasteiger partial charge is 0.322 e. The van der Waals surface area contributed by atoms with E-state index in [4.69, 9.17) is 5.11 Å². The zero-order chi connectivity index (χ0) is 22.5. The number of carbonyl (C=O) groups excluding carboxylic acids is 2. The van der Waals surface area contributed by atoms with E-state index in [2.05, 4.69) is 10.6 Å². The van der Waals surface area contributed by atoms with Crippen LogP contribution in [0.5, 0.6) is 0 Å². The number of hydrogen-bond donors (Lipinski definition) is 5. The average molecular weight is 442 g/mol. The van der Waals surface area contributed by atoms with Crippen molar-refractivity contribution in [2.24, 2.45) is 0 Å². The summed E-state index contributed by atoms with van der Waals surface area (Å²) >= 11 is 0.172. The Morgan fingerprint density at radius 2 is 1.77 bits per heavy atom. The van der Waals surface area contributed by atoms with E-state index in [1.54, 1.807) is 12.1 Å². The normalized spacial score (nSPS) is 12.4. The lowest BCUT2D eigenvalue weighted by atomic mass is 10.1. The van der Waals surface area contributed by atoms with Gasteiger partial charge in [0.1, 0.15) is 23.0 Å². The summed E-state index contributed by atoms with van der Waals surface area (Å²) in [5.74, 6) is -4.47. The van der Waals surface area contributed by atoms with Crippen molar-refractivity contribution in [1.82, 2.24) is 16.0 Å². The van der Waals surface area contributed by atoms with Gasteiger partial charge in [0.25, 0.3) is 0 Å². The molecule has 1 aromatic rings. The summed E-state index contributed by atoms with van der Waals surface area (Å²) in [6.07, 6.45) is -0.343. The SMILES string of the molecule is O=C(O)CNC(=O)[C@H](CS[N+](=O)[O-])NC(=O)CC[C@H](NCc1ccccc1)C(=O)O. The molecule has 0 aliphatic heterocycles. The molecule has 0 bridgehead atoms. The summed E-state index contributed by atoms with van der Waals surface area (Å²) in [4.78, 5) is 56.6. The number of nitrogens with one attached hydrogen (secondary N) is 3. The van der Waals surface area contributed by atoms with E-state index in [1.807, 2.05) is 23.5 Å². The quantitative estimate of drug-likeness (QED) is 0.144. The number of carbonyl (C=O) groups is 4. The highest BCUT2D eigenvalue weighted by atomic mass is 32.2. The number of carboxylic acid groups (broad SMARTS) is 2. The molecule has 0 saturated heterocycles. The number of nitrogens with zero attached hydrogens (tertiary/aromatic N) is 1. The molecule has 0 fully saturated rings. The lowest BCUT2D eigenvalue weighted by Gasteiger charge is -2.17. The van der Waals surface area contributed by atoms with E-state index in [-0.39, 0.29) is 31.3 Å². The van der Waals surface area contributed by atoms with Crippen LogP contribution in [0.3, 0.4) is 0 Å². The van der Waals surface area contributed by atoms with Gasteiger partial charge in [0.05, 0.1) is 5.75 Å². The van der Waals surface area contributed by atoms with Crippen LogP contribution in [0.4, 0.5) is 0 Å². The maximum absolute atomic E-state index is 12.1. The van der Waals surface area contributed by atoms with Crippen LogP contribution in [-0.2, 0) is 25.7 Å². The van der Waals surface area contributed by atoms with Crippen LogP contribution in [0.2, 0.25) is 0 Å². The van der Waals surface area contributed by atoms with Crippen molar-refractivity contribution in [2.45, 2.75) is 31.5 Å². The van der Waals surface area contributed by atoms with Gasteiger partial charge in [-0.3, -0.25) is 29.3 Å². The summed E-state index contributed by atoms with van der Waals surface area (Å²) < 4.78 is -0.752. The summed E-state index contributed by atoms with van der Waals surface area (Å²) in [6.45, 7) is -0.433. The second-order valence-electron chi connectivity index (χ2n) is 6.05. The first-order valence-corrected chi connectivity index (χ1v) is 9.69. The fourth-order valence-corrected chi connectivity index (χ4v) is 2.80. The Balaban J connectivity index is 2.59. The molecule has 0 spiro atoms. The van der Waals surface area contributed by atoms with Crippen LogP contribution in [-0.4, -0.2) is 62.7 Å². The van der Waals surface area contributed by atoms with Gasteiger partial charge in [-0.05, 0) is 12.0 Å². The van der Waals surface area contributed by atoms with E-state index in [0.717, 1.165) is 5.56 Å². The predicted octanol–water partition coefficient (Wildman–Crippen LogP) is -0.380. The maximum Gasteiger partial charge on any atom is 0.322 e. The first kappa shape index (κ1) is 24.8. The van der Waals surface area contributed by atoms with Gasteiger partial charge in [-0.25, -0.2) is 0 Å². The molecule has 1 rings (SSSR count). The second kappa shape index (κ2) is 13.1. The molecule has 12 nitrogen and oxygen atoms in total. The standard InChI is InChI=1S/C17H22N4O8S/c22-14(20-13(10-30-21(28)29)16(25)19-9-15(23)24)7-6-12(17(26)27)18-8-11-4-2-1-3-5-11/h1-5,12-13,18H,6-10H2,(H,19,25)(H,20,22)(H,23,24)(H,26,27)/t12-,13-/m0/s1. The van der Waals surface area contributed by atoms with Gasteiger partial charge in [0.2, 0.25) is 23.8 Å². The monoisotopic (exact) mass is 442 g/mol. The Morgan fingerprint density at radius 1 is 1.10 bits per heavy atom. The van der Waals surface area contributed by atoms with Gasteiger partial charge >= 0.3 is 11.9 Å². The van der Waals surface area contributed by atoms with Crippen LogP contribution in [0.1, 0.15) is 18.4 Å². The largest absolute Gasteiger partial charge is 0.480 e. The van der Waals surface area contributed by atoms with E-state index in [1.165, 1.54) is 0 Å². The van der Waals surface area contributed by atoms with Crippen LogP contribution in [0.25, 0.3) is 0 Å². The molecule has 30 heavy (non-hydrogen) atoms. The number of carboxylic acids is 2. The predicted molar refractivity (Wildman–Crippen MR) is 106 cm³/mol. The zero-order valence-corrected chi connectivity index (χ0v) is 16.6. The van der Waals surface area contributed by atoms with Gasteiger partial charge in [-0.15, -0.1) is 0 Å². The minimum Gasteiger partial charge on any atom is -0.480 e.